The first-order valence-electron chi connectivity index (χ1n) is 3.00. The van der Waals surface area contributed by atoms with Crippen LogP contribution >= 0.6 is 0 Å². The van der Waals surface area contributed by atoms with Crippen LogP contribution in [0.4, 0.5) is 4.39 Å². The fourth-order valence-electron chi connectivity index (χ4n) is 0.591. The molecule has 0 bridgehead atoms. The number of hydrogen-bond acceptors (Lipinski definition) is 2. The Morgan fingerprint density at radius 1 is 1.64 bits per heavy atom. The number of nitrogens with zero attached hydrogens (tertiary/aromatic N) is 1. The van der Waals surface area contributed by atoms with E-state index in [1.54, 1.807) is 6.07 Å². The summed E-state index contributed by atoms with van der Waals surface area (Å²) in [5, 5.41) is 8.12. The third kappa shape index (κ3) is 2.26. The first kappa shape index (κ1) is 7.55. The number of rotatable bonds is 2. The van der Waals surface area contributed by atoms with E-state index < -0.39 is 0 Å². The van der Waals surface area contributed by atoms with Gasteiger partial charge in [0.15, 0.2) is 6.61 Å². The van der Waals surface area contributed by atoms with E-state index in [9.17, 15) is 4.39 Å². The zero-order valence-corrected chi connectivity index (χ0v) is 5.67. The topological polar surface area (TPSA) is 33.0 Å². The second-order valence-corrected chi connectivity index (χ2v) is 1.82. The summed E-state index contributed by atoms with van der Waals surface area (Å²) in [5.41, 5.74) is 0. The Hall–Kier alpha value is -1.56. The van der Waals surface area contributed by atoms with Gasteiger partial charge in [-0.05, 0) is 18.2 Å². The number of nitriles is 1. The van der Waals surface area contributed by atoms with Gasteiger partial charge in [-0.3, -0.25) is 0 Å². The van der Waals surface area contributed by atoms with Crippen LogP contribution in [-0.4, -0.2) is 6.61 Å². The Morgan fingerprint density at radius 2 is 2.45 bits per heavy atom. The van der Waals surface area contributed by atoms with Gasteiger partial charge in [0, 0.05) is 6.07 Å². The van der Waals surface area contributed by atoms with Crippen LogP contribution in [-0.2, 0) is 0 Å². The second-order valence-electron chi connectivity index (χ2n) is 1.82. The molecule has 3 heteroatoms. The number of hydrogen-bond donors (Lipinski definition) is 0. The molecule has 0 aliphatic rings. The molecule has 0 N–H and O–H groups in total. The molecule has 0 saturated carbocycles. The summed E-state index contributed by atoms with van der Waals surface area (Å²) in [6, 6.07) is 8.15. The van der Waals surface area contributed by atoms with E-state index in [2.05, 4.69) is 6.07 Å². The summed E-state index contributed by atoms with van der Waals surface area (Å²) < 4.78 is 17.1. The van der Waals surface area contributed by atoms with E-state index in [1.165, 1.54) is 12.1 Å². The van der Waals surface area contributed by atoms with Crippen LogP contribution in [0, 0.1) is 23.2 Å². The quantitative estimate of drug-likeness (QED) is 0.640. The van der Waals surface area contributed by atoms with Crippen molar-refractivity contribution in [3.8, 4) is 11.8 Å². The first-order chi connectivity index (χ1) is 5.33. The lowest BCUT2D eigenvalue weighted by molar-refractivity contribution is 0.366. The number of benzene rings is 1. The fraction of sp³-hybridized carbons (Fsp3) is 0.125. The van der Waals surface area contributed by atoms with Gasteiger partial charge in [-0.1, -0.05) is 0 Å². The molecule has 1 aromatic rings. The zero-order chi connectivity index (χ0) is 8.10. The first-order valence-corrected chi connectivity index (χ1v) is 3.00. The van der Waals surface area contributed by atoms with Crippen molar-refractivity contribution in [2.24, 2.45) is 0 Å². The van der Waals surface area contributed by atoms with Gasteiger partial charge in [0.05, 0.1) is 0 Å². The fourth-order valence-corrected chi connectivity index (χ4v) is 0.591. The molecular formula is C8H5FNO. The lowest BCUT2D eigenvalue weighted by atomic mass is 10.3. The van der Waals surface area contributed by atoms with E-state index in [-0.39, 0.29) is 12.4 Å². The molecule has 0 aliphatic carbocycles. The molecule has 0 heterocycles. The highest BCUT2D eigenvalue weighted by atomic mass is 19.1. The summed E-state index contributed by atoms with van der Waals surface area (Å²) >= 11 is 0. The molecule has 0 atom stereocenters. The number of halogens is 1. The molecule has 0 unspecified atom stereocenters. The summed E-state index contributed by atoms with van der Waals surface area (Å²) in [6.07, 6.45) is 0. The van der Waals surface area contributed by atoms with E-state index in [4.69, 9.17) is 10.00 Å². The Balaban J connectivity index is 2.60. The summed E-state index contributed by atoms with van der Waals surface area (Å²) in [6.45, 7) is -0.0396. The lowest BCUT2D eigenvalue weighted by Crippen LogP contribution is -1.92. The molecule has 0 amide bonds. The van der Waals surface area contributed by atoms with Crippen molar-refractivity contribution in [2.45, 2.75) is 0 Å². The van der Waals surface area contributed by atoms with Gasteiger partial charge in [0.2, 0.25) is 0 Å². The van der Waals surface area contributed by atoms with Crippen molar-refractivity contribution in [3.63, 3.8) is 0 Å². The van der Waals surface area contributed by atoms with Crippen LogP contribution < -0.4 is 4.74 Å². The highest BCUT2D eigenvalue weighted by molar-refractivity contribution is 5.20. The maximum atomic E-state index is 12.3. The van der Waals surface area contributed by atoms with Crippen molar-refractivity contribution >= 4 is 0 Å². The highest BCUT2D eigenvalue weighted by Gasteiger charge is 1.92. The van der Waals surface area contributed by atoms with Gasteiger partial charge in [-0.25, -0.2) is 4.39 Å². The van der Waals surface area contributed by atoms with E-state index in [1.807, 2.05) is 0 Å². The maximum Gasteiger partial charge on any atom is 0.174 e. The minimum Gasteiger partial charge on any atom is -0.478 e. The molecule has 1 rings (SSSR count). The van der Waals surface area contributed by atoms with Gasteiger partial charge < -0.3 is 4.74 Å². The predicted molar refractivity (Wildman–Crippen MR) is 36.3 cm³/mol. The summed E-state index contributed by atoms with van der Waals surface area (Å²) in [4.78, 5) is 0. The van der Waals surface area contributed by atoms with E-state index in [0.29, 0.717) is 5.75 Å². The molecule has 1 radical (unpaired) electrons. The lowest BCUT2D eigenvalue weighted by Gasteiger charge is -1.98. The van der Waals surface area contributed by atoms with Gasteiger partial charge in [0.1, 0.15) is 17.6 Å². The van der Waals surface area contributed by atoms with Gasteiger partial charge in [-0.15, -0.1) is 0 Å². The van der Waals surface area contributed by atoms with Crippen LogP contribution in [0.3, 0.4) is 0 Å². The Morgan fingerprint density at radius 3 is 3.00 bits per heavy atom. The van der Waals surface area contributed by atoms with Gasteiger partial charge in [0.25, 0.3) is 0 Å². The van der Waals surface area contributed by atoms with Crippen LogP contribution in [0.5, 0.6) is 5.75 Å². The van der Waals surface area contributed by atoms with Gasteiger partial charge in [-0.2, -0.15) is 5.26 Å². The normalized spacial score (nSPS) is 8.73. The smallest absolute Gasteiger partial charge is 0.174 e. The molecule has 0 aliphatic heterocycles. The standard InChI is InChI=1S/C8H5FNO/c9-7-1-3-8(4-2-7)11-6-5-10/h1-3H,6H2. The monoisotopic (exact) mass is 150 g/mol. The minimum atomic E-state index is -0.366. The van der Waals surface area contributed by atoms with Crippen LogP contribution in [0.15, 0.2) is 18.2 Å². The molecule has 11 heavy (non-hydrogen) atoms. The molecule has 0 spiro atoms. The third-order valence-corrected chi connectivity index (χ3v) is 1.04. The molecule has 2 nitrogen and oxygen atoms in total. The maximum absolute atomic E-state index is 12.3. The predicted octanol–water partition coefficient (Wildman–Crippen LogP) is 1.53. The Labute approximate surface area is 63.8 Å². The molecule has 1 aromatic carbocycles. The molecule has 0 aromatic heterocycles. The average Bonchev–Trinajstić information content (AvgIpc) is 2.04. The minimum absolute atomic E-state index is 0.0396. The van der Waals surface area contributed by atoms with Crippen molar-refractivity contribution < 1.29 is 9.13 Å². The molecule has 0 fully saturated rings. The summed E-state index contributed by atoms with van der Waals surface area (Å²) in [5.74, 6) is 0.0160. The zero-order valence-electron chi connectivity index (χ0n) is 5.67. The molecule has 55 valence electrons. The Bertz CT molecular complexity index is 262. The SMILES string of the molecule is N#CCOc1[c]cc(F)cc1. The molecular weight excluding hydrogens is 145 g/mol. The van der Waals surface area contributed by atoms with Gasteiger partial charge >= 0.3 is 0 Å². The number of ether oxygens (including phenoxy) is 1. The van der Waals surface area contributed by atoms with Crippen LogP contribution in [0.2, 0.25) is 0 Å². The highest BCUT2D eigenvalue weighted by Crippen LogP contribution is 2.09. The average molecular weight is 150 g/mol. The van der Waals surface area contributed by atoms with E-state index in [0.717, 1.165) is 6.07 Å². The largest absolute Gasteiger partial charge is 0.478 e. The van der Waals surface area contributed by atoms with E-state index >= 15 is 0 Å². The van der Waals surface area contributed by atoms with Crippen LogP contribution in [0.25, 0.3) is 0 Å². The van der Waals surface area contributed by atoms with Crippen molar-refractivity contribution in [2.75, 3.05) is 6.61 Å². The Kier molecular flexibility index (Phi) is 2.45. The van der Waals surface area contributed by atoms with Crippen molar-refractivity contribution in [3.05, 3.63) is 30.1 Å². The van der Waals surface area contributed by atoms with Crippen LogP contribution in [0.1, 0.15) is 0 Å². The van der Waals surface area contributed by atoms with Crippen molar-refractivity contribution in [1.82, 2.24) is 0 Å². The van der Waals surface area contributed by atoms with Crippen molar-refractivity contribution in [1.29, 1.82) is 5.26 Å². The molecule has 0 saturated heterocycles. The second kappa shape index (κ2) is 3.57. The third-order valence-electron chi connectivity index (χ3n) is 1.04. The summed E-state index contributed by atoms with van der Waals surface area (Å²) in [7, 11) is 0.